The normalized spacial score (nSPS) is 17.6. The Bertz CT molecular complexity index is 1210. The zero-order valence-electron chi connectivity index (χ0n) is 19.2. The number of sulfonamides is 2. The smallest absolute Gasteiger partial charge is 0.243 e. The summed E-state index contributed by atoms with van der Waals surface area (Å²) in [4.78, 5) is 2.55. The predicted molar refractivity (Wildman–Crippen MR) is 125 cm³/mol. The van der Waals surface area contributed by atoms with Crippen LogP contribution in [0.3, 0.4) is 0 Å². The fourth-order valence-electron chi connectivity index (χ4n) is 3.74. The van der Waals surface area contributed by atoms with E-state index >= 15 is 0 Å². The molecule has 2 aromatic carbocycles. The van der Waals surface area contributed by atoms with Crippen LogP contribution in [0.4, 0.5) is 0 Å². The SMILES string of the molecule is CN(C)S(=O)(=O)c1ccc(OCCN2CCN(S(=O)(=O)c3ccc4c(c3)OCCO4)CC2)cc1. The Morgan fingerprint density at radius 3 is 2.12 bits per heavy atom. The molecule has 10 nitrogen and oxygen atoms in total. The van der Waals surface area contributed by atoms with Crippen LogP contribution in [0.15, 0.2) is 52.3 Å². The lowest BCUT2D eigenvalue weighted by atomic mass is 10.3. The predicted octanol–water partition coefficient (Wildman–Crippen LogP) is 1.09. The third kappa shape index (κ3) is 5.31. The topological polar surface area (TPSA) is 106 Å². The summed E-state index contributed by atoms with van der Waals surface area (Å²) < 4.78 is 69.8. The van der Waals surface area contributed by atoms with Gasteiger partial charge in [-0.1, -0.05) is 0 Å². The van der Waals surface area contributed by atoms with E-state index < -0.39 is 20.0 Å². The molecule has 0 aliphatic carbocycles. The van der Waals surface area contributed by atoms with E-state index in [-0.39, 0.29) is 9.79 Å². The van der Waals surface area contributed by atoms with Crippen molar-refractivity contribution in [3.63, 3.8) is 0 Å². The first kappa shape index (κ1) is 24.7. The van der Waals surface area contributed by atoms with Crippen molar-refractivity contribution in [2.45, 2.75) is 9.79 Å². The number of nitrogens with zero attached hydrogens (tertiary/aromatic N) is 3. The third-order valence-electron chi connectivity index (χ3n) is 5.76. The maximum atomic E-state index is 13.1. The minimum absolute atomic E-state index is 0.202. The van der Waals surface area contributed by atoms with Crippen molar-refractivity contribution in [1.82, 2.24) is 13.5 Å². The van der Waals surface area contributed by atoms with Crippen molar-refractivity contribution in [3.8, 4) is 17.2 Å². The first-order valence-electron chi connectivity index (χ1n) is 11.0. The molecule has 0 bridgehead atoms. The van der Waals surface area contributed by atoms with E-state index in [2.05, 4.69) is 4.90 Å². The summed E-state index contributed by atoms with van der Waals surface area (Å²) in [6.45, 7) is 3.84. The van der Waals surface area contributed by atoms with Gasteiger partial charge in [-0.3, -0.25) is 4.90 Å². The Morgan fingerprint density at radius 1 is 0.853 bits per heavy atom. The molecular weight excluding hydrogens is 482 g/mol. The number of hydrogen-bond acceptors (Lipinski definition) is 8. The lowest BCUT2D eigenvalue weighted by Crippen LogP contribution is -2.49. The van der Waals surface area contributed by atoms with E-state index in [4.69, 9.17) is 14.2 Å². The van der Waals surface area contributed by atoms with Crippen LogP contribution in [-0.4, -0.2) is 97.0 Å². The van der Waals surface area contributed by atoms with Crippen molar-refractivity contribution < 1.29 is 31.0 Å². The Kier molecular flexibility index (Phi) is 7.33. The molecule has 0 spiro atoms. The molecule has 4 rings (SSSR count). The average Bonchev–Trinajstić information content (AvgIpc) is 2.84. The fourth-order valence-corrected chi connectivity index (χ4v) is 6.08. The third-order valence-corrected chi connectivity index (χ3v) is 9.49. The highest BCUT2D eigenvalue weighted by molar-refractivity contribution is 7.89. The molecule has 1 fully saturated rings. The van der Waals surface area contributed by atoms with Gasteiger partial charge >= 0.3 is 0 Å². The number of ether oxygens (including phenoxy) is 3. The fraction of sp³-hybridized carbons (Fsp3) is 0.455. The molecule has 0 atom stereocenters. The van der Waals surface area contributed by atoms with Crippen LogP contribution in [0.2, 0.25) is 0 Å². The van der Waals surface area contributed by atoms with Crippen LogP contribution in [0.5, 0.6) is 17.2 Å². The summed E-state index contributed by atoms with van der Waals surface area (Å²) in [5, 5.41) is 0. The summed E-state index contributed by atoms with van der Waals surface area (Å²) in [5.74, 6) is 1.59. The molecule has 34 heavy (non-hydrogen) atoms. The van der Waals surface area contributed by atoms with Crippen molar-refractivity contribution in [2.75, 3.05) is 66.6 Å². The van der Waals surface area contributed by atoms with Gasteiger partial charge in [0.15, 0.2) is 11.5 Å². The van der Waals surface area contributed by atoms with Crippen molar-refractivity contribution >= 4 is 20.0 Å². The van der Waals surface area contributed by atoms with Gasteiger partial charge < -0.3 is 14.2 Å². The van der Waals surface area contributed by atoms with Gasteiger partial charge in [0.1, 0.15) is 25.6 Å². The summed E-state index contributed by atoms with van der Waals surface area (Å²) in [6.07, 6.45) is 0. The van der Waals surface area contributed by atoms with E-state index in [1.165, 1.54) is 36.6 Å². The highest BCUT2D eigenvalue weighted by Gasteiger charge is 2.29. The molecule has 0 aromatic heterocycles. The van der Waals surface area contributed by atoms with Crippen molar-refractivity contribution in [3.05, 3.63) is 42.5 Å². The number of hydrogen-bond donors (Lipinski definition) is 0. The number of fused-ring (bicyclic) bond motifs is 1. The highest BCUT2D eigenvalue weighted by atomic mass is 32.2. The zero-order chi connectivity index (χ0) is 24.3. The van der Waals surface area contributed by atoms with Gasteiger partial charge in [-0.2, -0.15) is 4.31 Å². The minimum Gasteiger partial charge on any atom is -0.492 e. The van der Waals surface area contributed by atoms with Gasteiger partial charge in [-0.05, 0) is 36.4 Å². The minimum atomic E-state index is -3.62. The standard InChI is InChI=1S/C22H29N3O7S2/c1-23(2)33(26,27)19-5-3-18(4-6-19)30-14-13-24-9-11-25(12-10-24)34(28,29)20-7-8-21-22(17-20)32-16-15-31-21/h3-8,17H,9-16H2,1-2H3. The molecule has 2 aliphatic rings. The highest BCUT2D eigenvalue weighted by Crippen LogP contribution is 2.33. The number of piperazine rings is 1. The van der Waals surface area contributed by atoms with E-state index in [0.29, 0.717) is 69.8 Å². The molecule has 186 valence electrons. The molecule has 12 heteroatoms. The van der Waals surface area contributed by atoms with Gasteiger partial charge in [0.25, 0.3) is 0 Å². The van der Waals surface area contributed by atoms with Crippen LogP contribution in [-0.2, 0) is 20.0 Å². The van der Waals surface area contributed by atoms with Gasteiger partial charge in [0.05, 0.1) is 9.79 Å². The lowest BCUT2D eigenvalue weighted by Gasteiger charge is -2.34. The summed E-state index contributed by atoms with van der Waals surface area (Å²) in [7, 11) is -4.11. The Hall–Kier alpha value is -2.38. The van der Waals surface area contributed by atoms with Crippen LogP contribution < -0.4 is 14.2 Å². The summed E-state index contributed by atoms with van der Waals surface area (Å²) in [6, 6.07) is 11.0. The van der Waals surface area contributed by atoms with Crippen LogP contribution in [0.25, 0.3) is 0 Å². The first-order valence-corrected chi connectivity index (χ1v) is 13.8. The monoisotopic (exact) mass is 511 g/mol. The number of rotatable bonds is 8. The number of benzene rings is 2. The summed E-state index contributed by atoms with van der Waals surface area (Å²) >= 11 is 0. The van der Waals surface area contributed by atoms with Crippen LogP contribution in [0.1, 0.15) is 0 Å². The van der Waals surface area contributed by atoms with E-state index in [0.717, 1.165) is 4.31 Å². The average molecular weight is 512 g/mol. The van der Waals surface area contributed by atoms with Gasteiger partial charge in [0.2, 0.25) is 20.0 Å². The molecule has 0 amide bonds. The van der Waals surface area contributed by atoms with E-state index in [1.54, 1.807) is 24.3 Å². The van der Waals surface area contributed by atoms with Crippen molar-refractivity contribution in [1.29, 1.82) is 0 Å². The Balaban J connectivity index is 1.26. The van der Waals surface area contributed by atoms with Crippen LogP contribution in [0, 0.1) is 0 Å². The Morgan fingerprint density at radius 2 is 1.47 bits per heavy atom. The molecular formula is C22H29N3O7S2. The molecule has 0 unspecified atom stereocenters. The molecule has 0 N–H and O–H groups in total. The van der Waals surface area contributed by atoms with Crippen molar-refractivity contribution in [2.24, 2.45) is 0 Å². The quantitative estimate of drug-likeness (QED) is 0.519. The van der Waals surface area contributed by atoms with Gasteiger partial charge in [-0.15, -0.1) is 0 Å². The second kappa shape index (κ2) is 10.1. The molecule has 0 saturated carbocycles. The Labute approximate surface area is 200 Å². The first-order chi connectivity index (χ1) is 16.2. The van der Waals surface area contributed by atoms with Crippen LogP contribution >= 0.6 is 0 Å². The zero-order valence-corrected chi connectivity index (χ0v) is 20.8. The molecule has 2 aromatic rings. The maximum absolute atomic E-state index is 13.1. The second-order valence-corrected chi connectivity index (χ2v) is 12.2. The molecule has 2 heterocycles. The van der Waals surface area contributed by atoms with Gasteiger partial charge in [0, 0.05) is 52.9 Å². The van der Waals surface area contributed by atoms with E-state index in [9.17, 15) is 16.8 Å². The lowest BCUT2D eigenvalue weighted by molar-refractivity contribution is 0.158. The molecule has 0 radical (unpaired) electrons. The molecule has 1 saturated heterocycles. The largest absolute Gasteiger partial charge is 0.492 e. The van der Waals surface area contributed by atoms with Gasteiger partial charge in [-0.25, -0.2) is 21.1 Å². The second-order valence-electron chi connectivity index (χ2n) is 8.16. The molecule has 2 aliphatic heterocycles. The van der Waals surface area contributed by atoms with E-state index in [1.807, 2.05) is 0 Å². The summed E-state index contributed by atoms with van der Waals surface area (Å²) in [5.41, 5.74) is 0. The maximum Gasteiger partial charge on any atom is 0.243 e.